The highest BCUT2D eigenvalue weighted by atomic mass is 35.5. The quantitative estimate of drug-likeness (QED) is 0.514. The van der Waals surface area contributed by atoms with Gasteiger partial charge in [0, 0.05) is 25.4 Å². The zero-order valence-corrected chi connectivity index (χ0v) is 14.5. The van der Waals surface area contributed by atoms with Crippen LogP contribution in [-0.2, 0) is 6.54 Å². The molecule has 0 aliphatic heterocycles. The molecular formula is C18H17ClN6. The minimum Gasteiger partial charge on any atom is -0.371 e. The lowest BCUT2D eigenvalue weighted by molar-refractivity contribution is 1.08. The first-order valence-corrected chi connectivity index (χ1v) is 8.05. The Hall–Kier alpha value is -2.99. The molecule has 0 radical (unpaired) electrons. The Balaban J connectivity index is 1.76. The summed E-state index contributed by atoms with van der Waals surface area (Å²) >= 11 is 5.96. The van der Waals surface area contributed by atoms with E-state index in [-0.39, 0.29) is 5.28 Å². The summed E-state index contributed by atoms with van der Waals surface area (Å²) < 4.78 is 0. The molecule has 0 amide bonds. The second-order valence-electron chi connectivity index (χ2n) is 5.21. The van der Waals surface area contributed by atoms with Crippen LogP contribution in [0, 0.1) is 0 Å². The van der Waals surface area contributed by atoms with E-state index >= 15 is 0 Å². The molecule has 0 aliphatic carbocycles. The SMILES string of the molecule is C=Nc1c(NC)nc(Cl)nc1NCc1ccc(-c2ccccn2)cc1. The Kier molecular flexibility index (Phi) is 5.20. The number of anilines is 2. The summed E-state index contributed by atoms with van der Waals surface area (Å²) in [4.78, 5) is 16.6. The molecule has 0 unspecified atom stereocenters. The van der Waals surface area contributed by atoms with E-state index in [1.165, 1.54) is 0 Å². The van der Waals surface area contributed by atoms with Gasteiger partial charge in [0.05, 0.1) is 5.69 Å². The van der Waals surface area contributed by atoms with Crippen LogP contribution < -0.4 is 10.6 Å². The molecular weight excluding hydrogens is 336 g/mol. The summed E-state index contributed by atoms with van der Waals surface area (Å²) in [5.41, 5.74) is 3.65. The Labute approximate surface area is 151 Å². The van der Waals surface area contributed by atoms with Gasteiger partial charge in [-0.25, -0.2) is 0 Å². The Bertz CT molecular complexity index is 865. The van der Waals surface area contributed by atoms with Crippen molar-refractivity contribution in [2.24, 2.45) is 4.99 Å². The molecule has 25 heavy (non-hydrogen) atoms. The number of hydrogen-bond donors (Lipinski definition) is 2. The normalized spacial score (nSPS) is 10.3. The molecule has 0 aliphatic rings. The van der Waals surface area contributed by atoms with Crippen molar-refractivity contribution in [3.8, 4) is 11.3 Å². The lowest BCUT2D eigenvalue weighted by Gasteiger charge is -2.12. The molecule has 6 nitrogen and oxygen atoms in total. The number of pyridine rings is 1. The average Bonchev–Trinajstić information content (AvgIpc) is 2.67. The van der Waals surface area contributed by atoms with E-state index < -0.39 is 0 Å². The predicted molar refractivity (Wildman–Crippen MR) is 103 cm³/mol. The van der Waals surface area contributed by atoms with Crippen molar-refractivity contribution < 1.29 is 0 Å². The van der Waals surface area contributed by atoms with E-state index in [2.05, 4.69) is 37.3 Å². The highest BCUT2D eigenvalue weighted by Crippen LogP contribution is 2.31. The predicted octanol–water partition coefficient (Wildman–Crippen LogP) is 4.18. The van der Waals surface area contributed by atoms with E-state index in [0.717, 1.165) is 16.8 Å². The van der Waals surface area contributed by atoms with Crippen molar-refractivity contribution >= 4 is 35.6 Å². The maximum Gasteiger partial charge on any atom is 0.226 e. The first-order chi connectivity index (χ1) is 12.2. The minimum absolute atomic E-state index is 0.143. The largest absolute Gasteiger partial charge is 0.371 e. The number of aliphatic imine (C=N–C) groups is 1. The molecule has 0 saturated carbocycles. The van der Waals surface area contributed by atoms with Crippen LogP contribution in [0.4, 0.5) is 17.3 Å². The highest BCUT2D eigenvalue weighted by Gasteiger charge is 2.11. The fourth-order valence-electron chi connectivity index (χ4n) is 2.39. The van der Waals surface area contributed by atoms with Gasteiger partial charge in [-0.1, -0.05) is 30.3 Å². The van der Waals surface area contributed by atoms with Crippen LogP contribution in [0.15, 0.2) is 53.7 Å². The molecule has 7 heteroatoms. The molecule has 3 aromatic rings. The second kappa shape index (κ2) is 7.72. The molecule has 2 N–H and O–H groups in total. The highest BCUT2D eigenvalue weighted by molar-refractivity contribution is 6.28. The summed E-state index contributed by atoms with van der Waals surface area (Å²) in [6, 6.07) is 14.0. The van der Waals surface area contributed by atoms with Gasteiger partial charge in [0.1, 0.15) is 5.69 Å². The van der Waals surface area contributed by atoms with E-state index in [0.29, 0.717) is 23.9 Å². The van der Waals surface area contributed by atoms with E-state index in [1.807, 2.05) is 42.5 Å². The van der Waals surface area contributed by atoms with Crippen LogP contribution in [-0.4, -0.2) is 28.7 Å². The van der Waals surface area contributed by atoms with Crippen LogP contribution in [0.25, 0.3) is 11.3 Å². The fraction of sp³-hybridized carbons (Fsp3) is 0.111. The Morgan fingerprint density at radius 3 is 2.48 bits per heavy atom. The number of nitrogens with one attached hydrogen (secondary N) is 2. The van der Waals surface area contributed by atoms with Gasteiger partial charge in [-0.15, -0.1) is 0 Å². The van der Waals surface area contributed by atoms with Gasteiger partial charge in [-0.2, -0.15) is 9.97 Å². The fourth-order valence-corrected chi connectivity index (χ4v) is 2.56. The summed E-state index contributed by atoms with van der Waals surface area (Å²) in [5.74, 6) is 1.07. The van der Waals surface area contributed by atoms with Crippen LogP contribution in [0.2, 0.25) is 5.28 Å². The maximum atomic E-state index is 5.96. The molecule has 0 spiro atoms. The second-order valence-corrected chi connectivity index (χ2v) is 5.55. The van der Waals surface area contributed by atoms with Crippen LogP contribution in [0.3, 0.4) is 0 Å². The lowest BCUT2D eigenvalue weighted by Crippen LogP contribution is -2.05. The maximum absolute atomic E-state index is 5.96. The molecule has 2 heterocycles. The summed E-state index contributed by atoms with van der Waals surface area (Å²) in [6.07, 6.45) is 1.78. The first kappa shape index (κ1) is 16.9. The summed E-state index contributed by atoms with van der Waals surface area (Å²) in [5, 5.41) is 6.31. The molecule has 0 fully saturated rings. The van der Waals surface area contributed by atoms with E-state index in [4.69, 9.17) is 11.6 Å². The van der Waals surface area contributed by atoms with Crippen LogP contribution >= 0.6 is 11.6 Å². The van der Waals surface area contributed by atoms with Gasteiger partial charge in [0.2, 0.25) is 5.28 Å². The van der Waals surface area contributed by atoms with Gasteiger partial charge < -0.3 is 10.6 Å². The Morgan fingerprint density at radius 1 is 1.08 bits per heavy atom. The molecule has 126 valence electrons. The number of hydrogen-bond acceptors (Lipinski definition) is 6. The summed E-state index contributed by atoms with van der Waals surface area (Å²) in [6.45, 7) is 4.14. The minimum atomic E-state index is 0.143. The number of halogens is 1. The number of benzene rings is 1. The van der Waals surface area contributed by atoms with Crippen molar-refractivity contribution in [3.05, 3.63) is 59.5 Å². The van der Waals surface area contributed by atoms with Crippen LogP contribution in [0.1, 0.15) is 5.56 Å². The monoisotopic (exact) mass is 352 g/mol. The number of aromatic nitrogens is 3. The molecule has 2 aromatic heterocycles. The third-order valence-electron chi connectivity index (χ3n) is 3.63. The van der Waals surface area contributed by atoms with Gasteiger partial charge in [-0.3, -0.25) is 9.98 Å². The van der Waals surface area contributed by atoms with Crippen molar-refractivity contribution in [1.29, 1.82) is 0 Å². The first-order valence-electron chi connectivity index (χ1n) is 7.67. The smallest absolute Gasteiger partial charge is 0.226 e. The van der Waals surface area contributed by atoms with Crippen molar-refractivity contribution in [2.75, 3.05) is 17.7 Å². The zero-order valence-electron chi connectivity index (χ0n) is 13.7. The summed E-state index contributed by atoms with van der Waals surface area (Å²) in [7, 11) is 1.74. The molecule has 0 atom stereocenters. The Morgan fingerprint density at radius 2 is 1.84 bits per heavy atom. The van der Waals surface area contributed by atoms with Crippen molar-refractivity contribution in [2.45, 2.75) is 6.54 Å². The molecule has 0 bridgehead atoms. The zero-order chi connectivity index (χ0) is 17.6. The van der Waals surface area contributed by atoms with Crippen molar-refractivity contribution in [3.63, 3.8) is 0 Å². The van der Waals surface area contributed by atoms with E-state index in [1.54, 1.807) is 13.2 Å². The molecule has 0 saturated heterocycles. The van der Waals surface area contributed by atoms with Gasteiger partial charge >= 0.3 is 0 Å². The lowest BCUT2D eigenvalue weighted by atomic mass is 10.1. The van der Waals surface area contributed by atoms with E-state index in [9.17, 15) is 0 Å². The van der Waals surface area contributed by atoms with Crippen LogP contribution in [0.5, 0.6) is 0 Å². The average molecular weight is 353 g/mol. The van der Waals surface area contributed by atoms with Gasteiger partial charge in [-0.05, 0) is 36.0 Å². The number of nitrogens with zero attached hydrogens (tertiary/aromatic N) is 4. The number of rotatable bonds is 6. The topological polar surface area (TPSA) is 75.1 Å². The molecule has 1 aromatic carbocycles. The third kappa shape index (κ3) is 3.92. The third-order valence-corrected chi connectivity index (χ3v) is 3.80. The standard InChI is InChI=1S/C18H17ClN6/c1-20-15-16(21-2)24-18(19)25-17(15)23-11-12-6-8-13(9-7-12)14-5-3-4-10-22-14/h3-10H,1,11H2,2H3,(H2,21,23,24,25). The van der Waals surface area contributed by atoms with Gasteiger partial charge in [0.25, 0.3) is 0 Å². The van der Waals surface area contributed by atoms with Crippen molar-refractivity contribution in [1.82, 2.24) is 15.0 Å². The molecule has 3 rings (SSSR count). The van der Waals surface area contributed by atoms with Gasteiger partial charge in [0.15, 0.2) is 11.6 Å².